The molecule has 0 N–H and O–H groups in total. The summed E-state index contributed by atoms with van der Waals surface area (Å²) in [5, 5.41) is 3.57. The van der Waals surface area contributed by atoms with E-state index in [1.54, 1.807) is 11.0 Å². The van der Waals surface area contributed by atoms with Gasteiger partial charge in [0, 0.05) is 18.7 Å². The minimum absolute atomic E-state index is 0. The molecule has 1 fully saturated rings. The van der Waals surface area contributed by atoms with Crippen molar-refractivity contribution in [3.63, 3.8) is 0 Å². The first kappa shape index (κ1) is 23.4. The van der Waals surface area contributed by atoms with E-state index in [2.05, 4.69) is 72.8 Å². The van der Waals surface area contributed by atoms with E-state index in [1.165, 1.54) is 28.0 Å². The van der Waals surface area contributed by atoms with Gasteiger partial charge in [0.2, 0.25) is 0 Å². The molecule has 2 nitrogen and oxygen atoms in total. The van der Waals surface area contributed by atoms with Crippen molar-refractivity contribution in [3.05, 3.63) is 121 Å². The van der Waals surface area contributed by atoms with Crippen LogP contribution in [0.5, 0.6) is 0 Å². The maximum atomic E-state index is 14.0. The summed E-state index contributed by atoms with van der Waals surface area (Å²) in [7, 11) is -2.31. The van der Waals surface area contributed by atoms with Crippen molar-refractivity contribution in [1.29, 1.82) is 0 Å². The monoisotopic (exact) mass is 519 g/mol. The largest absolute Gasteiger partial charge is 1.00 e. The van der Waals surface area contributed by atoms with Crippen molar-refractivity contribution in [2.24, 2.45) is 0 Å². The second-order valence-corrected chi connectivity index (χ2v) is 11.6. The van der Waals surface area contributed by atoms with Gasteiger partial charge in [-0.25, -0.2) is 4.39 Å². The summed E-state index contributed by atoms with van der Waals surface area (Å²) >= 11 is 0. The van der Waals surface area contributed by atoms with E-state index >= 15 is 0 Å². The Labute approximate surface area is 205 Å². The van der Waals surface area contributed by atoms with Crippen LogP contribution in [0.15, 0.2) is 115 Å². The lowest BCUT2D eigenvalue weighted by atomic mass is 10.3. The molecule has 1 heterocycles. The van der Waals surface area contributed by atoms with E-state index in [0.29, 0.717) is 12.2 Å². The molecule has 1 aliphatic heterocycles. The molecular formula is C28H24BrFNOP. The van der Waals surface area contributed by atoms with Gasteiger partial charge in [-0.05, 0) is 54.6 Å². The Morgan fingerprint density at radius 3 is 1.64 bits per heavy atom. The fourth-order valence-corrected chi connectivity index (χ4v) is 9.78. The highest BCUT2D eigenvalue weighted by Gasteiger charge is 2.58. The average Bonchev–Trinajstić information content (AvgIpc) is 3.23. The van der Waals surface area contributed by atoms with Gasteiger partial charge in [-0.3, -0.25) is 4.79 Å². The van der Waals surface area contributed by atoms with Crippen LogP contribution in [0.3, 0.4) is 0 Å². The molecule has 33 heavy (non-hydrogen) atoms. The molecule has 4 aromatic rings. The Morgan fingerprint density at radius 1 is 0.697 bits per heavy atom. The first-order valence-corrected chi connectivity index (χ1v) is 12.7. The topological polar surface area (TPSA) is 20.3 Å². The third kappa shape index (κ3) is 4.14. The van der Waals surface area contributed by atoms with E-state index in [1.807, 2.05) is 24.3 Å². The Kier molecular flexibility index (Phi) is 7.07. The third-order valence-electron chi connectivity index (χ3n) is 6.26. The molecule has 166 valence electrons. The van der Waals surface area contributed by atoms with Crippen LogP contribution < -0.4 is 37.8 Å². The lowest BCUT2D eigenvalue weighted by Crippen LogP contribution is -3.00. The number of amides is 1. The molecule has 1 aliphatic rings. The van der Waals surface area contributed by atoms with Crippen molar-refractivity contribution < 1.29 is 26.2 Å². The van der Waals surface area contributed by atoms with Crippen LogP contribution in [0, 0.1) is 5.82 Å². The lowest BCUT2D eigenvalue weighted by Gasteiger charge is -2.32. The summed E-state index contributed by atoms with van der Waals surface area (Å²) < 4.78 is 13.9. The first-order valence-electron chi connectivity index (χ1n) is 10.8. The van der Waals surface area contributed by atoms with Crippen molar-refractivity contribution >= 4 is 34.8 Å². The summed E-state index contributed by atoms with van der Waals surface area (Å²) in [5.41, 5.74) is 0.419. The normalized spacial score (nSPS) is 15.8. The van der Waals surface area contributed by atoms with E-state index in [0.717, 1.165) is 6.42 Å². The van der Waals surface area contributed by atoms with Crippen LogP contribution in [0.25, 0.3) is 0 Å². The highest BCUT2D eigenvalue weighted by Crippen LogP contribution is 2.62. The van der Waals surface area contributed by atoms with Crippen LogP contribution in [0.1, 0.15) is 6.42 Å². The number of hydrogen-bond donors (Lipinski definition) is 0. The maximum absolute atomic E-state index is 14.0. The van der Waals surface area contributed by atoms with E-state index in [9.17, 15) is 9.18 Å². The highest BCUT2D eigenvalue weighted by molar-refractivity contribution is 7.97. The zero-order valence-corrected chi connectivity index (χ0v) is 20.5. The number of anilines is 1. The van der Waals surface area contributed by atoms with Gasteiger partial charge in [0.15, 0.2) is 5.66 Å². The third-order valence-corrected chi connectivity index (χ3v) is 11.0. The van der Waals surface area contributed by atoms with E-state index in [-0.39, 0.29) is 34.4 Å². The number of carbonyl (C=O) groups excluding carboxylic acids is 1. The molecule has 0 spiro atoms. The Balaban J connectivity index is 0.00000259. The molecule has 5 rings (SSSR count). The van der Waals surface area contributed by atoms with Crippen LogP contribution in [-0.4, -0.2) is 18.1 Å². The molecule has 1 amide bonds. The first-order chi connectivity index (χ1) is 15.7. The van der Waals surface area contributed by atoms with Gasteiger partial charge in [0.25, 0.3) is 5.91 Å². The number of nitrogens with zero attached hydrogens (tertiary/aromatic N) is 1. The molecule has 0 saturated carbocycles. The predicted octanol–water partition coefficient (Wildman–Crippen LogP) is 1.93. The lowest BCUT2D eigenvalue weighted by molar-refractivity contribution is -0.116. The standard InChI is InChI=1S/C28H24FNOP.BrH/c29-22-11-10-12-23(21-22)30-20-19-27(28(30)31)32(24-13-4-1-5-14-24,25-15-6-2-7-16-25)26-17-8-3-9-18-26;/h1-18,21,27H,19-20H2;1H/q+1;/p-1/t27-;/m1./s1. The van der Waals surface area contributed by atoms with Gasteiger partial charge in [0.05, 0.1) is 0 Å². The van der Waals surface area contributed by atoms with Crippen molar-refractivity contribution in [2.75, 3.05) is 11.4 Å². The summed E-state index contributed by atoms with van der Waals surface area (Å²) in [6.07, 6.45) is 0.724. The van der Waals surface area contributed by atoms with Crippen LogP contribution in [0.2, 0.25) is 0 Å². The molecule has 0 radical (unpaired) electrons. The van der Waals surface area contributed by atoms with E-state index in [4.69, 9.17) is 0 Å². The molecule has 0 unspecified atom stereocenters. The molecule has 4 aromatic carbocycles. The molecule has 0 aromatic heterocycles. The van der Waals surface area contributed by atoms with E-state index < -0.39 is 7.26 Å². The van der Waals surface area contributed by atoms with Gasteiger partial charge in [0.1, 0.15) is 29.0 Å². The quantitative estimate of drug-likeness (QED) is 0.369. The molecule has 1 atom stereocenters. The number of halogens is 2. The zero-order chi connectivity index (χ0) is 22.0. The van der Waals surface area contributed by atoms with Gasteiger partial charge in [-0.15, -0.1) is 0 Å². The second-order valence-electron chi connectivity index (χ2n) is 8.00. The van der Waals surface area contributed by atoms with Crippen molar-refractivity contribution in [2.45, 2.75) is 12.1 Å². The Hall–Kier alpha value is -2.81. The number of hydrogen-bond acceptors (Lipinski definition) is 1. The van der Waals surface area contributed by atoms with Gasteiger partial charge in [-0.2, -0.15) is 0 Å². The Morgan fingerprint density at radius 2 is 1.18 bits per heavy atom. The molecule has 1 saturated heterocycles. The van der Waals surface area contributed by atoms with Crippen LogP contribution in [0.4, 0.5) is 10.1 Å². The fourth-order valence-electron chi connectivity index (χ4n) is 4.90. The summed E-state index contributed by atoms with van der Waals surface area (Å²) in [4.78, 5) is 15.8. The molecule has 0 bridgehead atoms. The van der Waals surface area contributed by atoms with Crippen molar-refractivity contribution in [1.82, 2.24) is 0 Å². The summed E-state index contributed by atoms with van der Waals surface area (Å²) in [5.74, 6) is -0.255. The Bertz CT molecular complexity index is 1120. The minimum atomic E-state index is -2.31. The predicted molar refractivity (Wildman–Crippen MR) is 132 cm³/mol. The second kappa shape index (κ2) is 9.99. The van der Waals surface area contributed by atoms with Crippen LogP contribution >= 0.6 is 7.26 Å². The molecule has 0 aliphatic carbocycles. The summed E-state index contributed by atoms with van der Waals surface area (Å²) in [6, 6.07) is 37.7. The zero-order valence-electron chi connectivity index (χ0n) is 18.0. The van der Waals surface area contributed by atoms with Crippen molar-refractivity contribution in [3.8, 4) is 0 Å². The van der Waals surface area contributed by atoms with Gasteiger partial charge >= 0.3 is 0 Å². The smallest absolute Gasteiger partial charge is 0.268 e. The summed E-state index contributed by atoms with van der Waals surface area (Å²) in [6.45, 7) is 0.585. The maximum Gasteiger partial charge on any atom is 0.268 e. The fraction of sp³-hybridized carbons (Fsp3) is 0.107. The number of carbonyl (C=O) groups is 1. The number of rotatable bonds is 5. The minimum Gasteiger partial charge on any atom is -1.00 e. The SMILES string of the molecule is O=C1[C@H]([P+](c2ccccc2)(c2ccccc2)c2ccccc2)CCN1c1cccc(F)c1.[Br-]. The van der Waals surface area contributed by atoms with Gasteiger partial charge in [-0.1, -0.05) is 60.7 Å². The van der Waals surface area contributed by atoms with Gasteiger partial charge < -0.3 is 21.9 Å². The molecular weight excluding hydrogens is 496 g/mol. The molecule has 5 heteroatoms. The highest BCUT2D eigenvalue weighted by atomic mass is 79.9. The van der Waals surface area contributed by atoms with Crippen LogP contribution in [-0.2, 0) is 4.79 Å². The average molecular weight is 520 g/mol. The number of benzene rings is 4.